The molecule has 0 saturated heterocycles. The minimum Gasteiger partial charge on any atom is -0.467 e. The van der Waals surface area contributed by atoms with Crippen molar-refractivity contribution < 1.29 is 23.1 Å². The number of nitrogens with zero attached hydrogens (tertiary/aromatic N) is 1. The number of rotatable bonds is 5. The fourth-order valence-electron chi connectivity index (χ4n) is 3.00. The average Bonchev–Trinajstić information content (AvgIpc) is 3.22. The van der Waals surface area contributed by atoms with E-state index >= 15 is 0 Å². The third-order valence-corrected chi connectivity index (χ3v) is 4.30. The molecule has 4 rings (SSSR count). The van der Waals surface area contributed by atoms with Crippen LogP contribution in [0.25, 0.3) is 11.3 Å². The Kier molecular flexibility index (Phi) is 4.84. The van der Waals surface area contributed by atoms with E-state index in [4.69, 9.17) is 13.9 Å². The van der Waals surface area contributed by atoms with Crippen molar-refractivity contribution in [1.82, 2.24) is 10.3 Å². The highest BCUT2D eigenvalue weighted by Crippen LogP contribution is 2.29. The third kappa shape index (κ3) is 3.83. The molecule has 0 aliphatic carbocycles. The van der Waals surface area contributed by atoms with E-state index in [1.807, 2.05) is 0 Å². The molecule has 0 unspecified atom stereocenters. The zero-order valence-electron chi connectivity index (χ0n) is 14.4. The van der Waals surface area contributed by atoms with Crippen molar-refractivity contribution in [2.24, 2.45) is 0 Å². The summed E-state index contributed by atoms with van der Waals surface area (Å²) in [6.07, 6.45) is 3.43. The molecule has 0 atom stereocenters. The summed E-state index contributed by atoms with van der Waals surface area (Å²) in [6, 6.07) is 9.88. The molecule has 1 aliphatic rings. The fraction of sp³-hybridized carbons (Fsp3) is 0.200. The lowest BCUT2D eigenvalue weighted by atomic mass is 10.1. The molecule has 1 N–H and O–H groups in total. The lowest BCUT2D eigenvalue weighted by Crippen LogP contribution is -2.26. The second-order valence-electron chi connectivity index (χ2n) is 6.11. The Balaban J connectivity index is 1.38. The van der Waals surface area contributed by atoms with Crippen LogP contribution in [0.4, 0.5) is 4.39 Å². The minimum atomic E-state index is -0.341. The molecule has 3 aromatic rings. The van der Waals surface area contributed by atoms with Gasteiger partial charge in [-0.15, -0.1) is 0 Å². The summed E-state index contributed by atoms with van der Waals surface area (Å²) in [5.41, 5.74) is 2.78. The van der Waals surface area contributed by atoms with E-state index in [1.54, 1.807) is 30.5 Å². The Hall–Kier alpha value is -3.19. The zero-order chi connectivity index (χ0) is 18.6. The van der Waals surface area contributed by atoms with Gasteiger partial charge in [0.25, 0.3) is 5.91 Å². The van der Waals surface area contributed by atoms with E-state index in [9.17, 15) is 9.18 Å². The Bertz CT molecular complexity index is 939. The molecule has 0 radical (unpaired) electrons. The van der Waals surface area contributed by atoms with E-state index in [0.717, 1.165) is 5.56 Å². The first-order valence-corrected chi connectivity index (χ1v) is 8.49. The van der Waals surface area contributed by atoms with E-state index < -0.39 is 0 Å². The van der Waals surface area contributed by atoms with Gasteiger partial charge in [-0.05, 0) is 36.2 Å². The highest BCUT2D eigenvalue weighted by atomic mass is 19.1. The second-order valence-corrected chi connectivity index (χ2v) is 6.11. The van der Waals surface area contributed by atoms with Gasteiger partial charge in [0.05, 0.1) is 12.8 Å². The van der Waals surface area contributed by atoms with Crippen LogP contribution in [0.3, 0.4) is 0 Å². The highest BCUT2D eigenvalue weighted by Gasteiger charge is 2.17. The standard InChI is InChI=1S/C20H17FN2O4/c21-17-7-15(19-16(8-17)10-25-12-27-19)5-6-23-20(24)14-3-1-13(2-4-14)18-9-22-11-26-18/h1-4,7-9,11H,5-6,10,12H2,(H,23,24). The molecule has 1 aliphatic heterocycles. The molecule has 0 fully saturated rings. The van der Waals surface area contributed by atoms with Gasteiger partial charge in [0, 0.05) is 23.2 Å². The SMILES string of the molecule is O=C(NCCc1cc(F)cc2c1OCOC2)c1ccc(-c2cnco2)cc1. The van der Waals surface area contributed by atoms with Gasteiger partial charge in [-0.3, -0.25) is 4.79 Å². The van der Waals surface area contributed by atoms with Crippen LogP contribution < -0.4 is 10.1 Å². The summed E-state index contributed by atoms with van der Waals surface area (Å²) in [6.45, 7) is 0.836. The van der Waals surface area contributed by atoms with Crippen molar-refractivity contribution in [1.29, 1.82) is 0 Å². The number of carbonyl (C=O) groups excluding carboxylic acids is 1. The van der Waals surface area contributed by atoms with Crippen molar-refractivity contribution >= 4 is 5.91 Å². The molecular weight excluding hydrogens is 351 g/mol. The van der Waals surface area contributed by atoms with Crippen LogP contribution in [-0.4, -0.2) is 24.2 Å². The Morgan fingerprint density at radius 1 is 1.22 bits per heavy atom. The summed E-state index contributed by atoms with van der Waals surface area (Å²) in [5, 5.41) is 2.84. The number of halogens is 1. The number of amides is 1. The summed E-state index contributed by atoms with van der Waals surface area (Å²) in [5.74, 6) is 0.746. The van der Waals surface area contributed by atoms with E-state index in [0.29, 0.717) is 47.8 Å². The lowest BCUT2D eigenvalue weighted by molar-refractivity contribution is -0.0172. The summed E-state index contributed by atoms with van der Waals surface area (Å²) in [7, 11) is 0. The van der Waals surface area contributed by atoms with E-state index in [-0.39, 0.29) is 18.5 Å². The Labute approximate surface area is 154 Å². The quantitative estimate of drug-likeness (QED) is 0.748. The first-order chi connectivity index (χ1) is 13.2. The molecule has 0 spiro atoms. The van der Waals surface area contributed by atoms with Crippen molar-refractivity contribution in [2.45, 2.75) is 13.0 Å². The third-order valence-electron chi connectivity index (χ3n) is 4.30. The van der Waals surface area contributed by atoms with Gasteiger partial charge in [-0.2, -0.15) is 0 Å². The van der Waals surface area contributed by atoms with Crippen LogP contribution in [0, 0.1) is 5.82 Å². The molecule has 7 heteroatoms. The highest BCUT2D eigenvalue weighted by molar-refractivity contribution is 5.94. The molecule has 1 amide bonds. The second kappa shape index (κ2) is 7.59. The lowest BCUT2D eigenvalue weighted by Gasteiger charge is -2.21. The normalized spacial score (nSPS) is 12.9. The molecule has 138 valence electrons. The maximum Gasteiger partial charge on any atom is 0.251 e. The summed E-state index contributed by atoms with van der Waals surface area (Å²) >= 11 is 0. The van der Waals surface area contributed by atoms with Gasteiger partial charge in [-0.1, -0.05) is 12.1 Å². The van der Waals surface area contributed by atoms with Gasteiger partial charge < -0.3 is 19.2 Å². The minimum absolute atomic E-state index is 0.148. The van der Waals surface area contributed by atoms with Crippen LogP contribution in [0.1, 0.15) is 21.5 Å². The van der Waals surface area contributed by atoms with Crippen LogP contribution in [0.5, 0.6) is 5.75 Å². The van der Waals surface area contributed by atoms with E-state index in [2.05, 4.69) is 10.3 Å². The molecular formula is C20H17FN2O4. The topological polar surface area (TPSA) is 73.6 Å². The molecule has 27 heavy (non-hydrogen) atoms. The number of hydrogen-bond acceptors (Lipinski definition) is 5. The van der Waals surface area contributed by atoms with Crippen molar-refractivity contribution in [2.75, 3.05) is 13.3 Å². The Morgan fingerprint density at radius 3 is 2.85 bits per heavy atom. The number of aromatic nitrogens is 1. The molecule has 2 aromatic carbocycles. The van der Waals surface area contributed by atoms with Gasteiger partial charge >= 0.3 is 0 Å². The average molecular weight is 368 g/mol. The molecule has 0 saturated carbocycles. The molecule has 1 aromatic heterocycles. The van der Waals surface area contributed by atoms with Gasteiger partial charge in [-0.25, -0.2) is 9.37 Å². The smallest absolute Gasteiger partial charge is 0.251 e. The molecule has 2 heterocycles. The van der Waals surface area contributed by atoms with Crippen LogP contribution >= 0.6 is 0 Å². The number of hydrogen-bond donors (Lipinski definition) is 1. The molecule has 0 bridgehead atoms. The van der Waals surface area contributed by atoms with Gasteiger partial charge in [0.1, 0.15) is 11.6 Å². The van der Waals surface area contributed by atoms with Crippen LogP contribution in [-0.2, 0) is 17.8 Å². The first kappa shape index (κ1) is 17.2. The predicted molar refractivity (Wildman–Crippen MR) is 94.7 cm³/mol. The number of carbonyl (C=O) groups is 1. The zero-order valence-corrected chi connectivity index (χ0v) is 14.4. The first-order valence-electron chi connectivity index (χ1n) is 8.49. The maximum absolute atomic E-state index is 13.7. The number of nitrogens with one attached hydrogen (secondary N) is 1. The predicted octanol–water partition coefficient (Wildman–Crippen LogP) is 3.32. The van der Waals surface area contributed by atoms with Crippen LogP contribution in [0.2, 0.25) is 0 Å². The van der Waals surface area contributed by atoms with Gasteiger partial charge in [0.2, 0.25) is 0 Å². The maximum atomic E-state index is 13.7. The summed E-state index contributed by atoms with van der Waals surface area (Å²) < 4.78 is 29.6. The van der Waals surface area contributed by atoms with Crippen molar-refractivity contribution in [3.8, 4) is 17.1 Å². The molecule has 6 nitrogen and oxygen atoms in total. The number of oxazole rings is 1. The largest absolute Gasteiger partial charge is 0.467 e. The fourth-order valence-corrected chi connectivity index (χ4v) is 3.00. The van der Waals surface area contributed by atoms with Crippen molar-refractivity contribution in [3.05, 3.63) is 71.5 Å². The Morgan fingerprint density at radius 2 is 2.07 bits per heavy atom. The van der Waals surface area contributed by atoms with Gasteiger partial charge in [0.15, 0.2) is 18.9 Å². The van der Waals surface area contributed by atoms with E-state index in [1.165, 1.54) is 18.5 Å². The number of benzene rings is 2. The van der Waals surface area contributed by atoms with Crippen molar-refractivity contribution in [3.63, 3.8) is 0 Å². The number of ether oxygens (including phenoxy) is 2. The monoisotopic (exact) mass is 368 g/mol. The summed E-state index contributed by atoms with van der Waals surface area (Å²) in [4.78, 5) is 16.2. The van der Waals surface area contributed by atoms with Crippen LogP contribution in [0.15, 0.2) is 53.4 Å². The number of fused-ring (bicyclic) bond motifs is 1.